The second-order valence-corrected chi connectivity index (χ2v) is 8.90. The van der Waals surface area contributed by atoms with E-state index in [9.17, 15) is 13.2 Å². The van der Waals surface area contributed by atoms with Crippen molar-refractivity contribution in [3.63, 3.8) is 0 Å². The highest BCUT2D eigenvalue weighted by atomic mass is 32.2. The predicted molar refractivity (Wildman–Crippen MR) is 92.6 cm³/mol. The molecule has 1 aliphatic carbocycles. The summed E-state index contributed by atoms with van der Waals surface area (Å²) in [5, 5.41) is 0. The van der Waals surface area contributed by atoms with E-state index in [0.29, 0.717) is 12.8 Å². The third kappa shape index (κ3) is 6.09. The SMILES string of the molecule is Cc1ccc(S(=O)(=O)OCCO[C@H]2C[C@@H](C(=O)OC(C)(C)C)C2)cc1. The van der Waals surface area contributed by atoms with E-state index in [1.807, 2.05) is 27.7 Å². The van der Waals surface area contributed by atoms with Crippen molar-refractivity contribution in [2.75, 3.05) is 13.2 Å². The second kappa shape index (κ2) is 7.85. The average molecular weight is 370 g/mol. The van der Waals surface area contributed by atoms with Crippen LogP contribution >= 0.6 is 0 Å². The summed E-state index contributed by atoms with van der Waals surface area (Å²) in [5.74, 6) is -0.341. The fourth-order valence-corrected chi connectivity index (χ4v) is 3.30. The van der Waals surface area contributed by atoms with Crippen molar-refractivity contribution in [2.45, 2.75) is 57.1 Å². The third-order valence-electron chi connectivity index (χ3n) is 3.82. The number of aryl methyl sites for hydroxylation is 1. The zero-order chi connectivity index (χ0) is 18.7. The van der Waals surface area contributed by atoms with Gasteiger partial charge in [0.1, 0.15) is 5.60 Å². The van der Waals surface area contributed by atoms with Crippen molar-refractivity contribution in [3.05, 3.63) is 29.8 Å². The summed E-state index contributed by atoms with van der Waals surface area (Å²) in [6, 6.07) is 6.47. The number of rotatable bonds is 7. The summed E-state index contributed by atoms with van der Waals surface area (Å²) in [5.41, 5.74) is 0.494. The van der Waals surface area contributed by atoms with Crippen LogP contribution in [0.15, 0.2) is 29.2 Å². The van der Waals surface area contributed by atoms with E-state index >= 15 is 0 Å². The van der Waals surface area contributed by atoms with Crippen molar-refractivity contribution < 1.29 is 26.9 Å². The van der Waals surface area contributed by atoms with E-state index in [1.54, 1.807) is 12.1 Å². The van der Waals surface area contributed by atoms with Crippen LogP contribution in [-0.2, 0) is 28.6 Å². The van der Waals surface area contributed by atoms with Crippen LogP contribution in [0, 0.1) is 12.8 Å². The first kappa shape index (κ1) is 19.9. The molecule has 0 unspecified atom stereocenters. The van der Waals surface area contributed by atoms with Crippen molar-refractivity contribution in [2.24, 2.45) is 5.92 Å². The quantitative estimate of drug-likeness (QED) is 0.417. The smallest absolute Gasteiger partial charge is 0.309 e. The fraction of sp³-hybridized carbons (Fsp3) is 0.611. The molecule has 0 radical (unpaired) electrons. The number of benzene rings is 1. The highest BCUT2D eigenvalue weighted by Gasteiger charge is 2.37. The third-order valence-corrected chi connectivity index (χ3v) is 5.15. The number of hydrogen-bond donors (Lipinski definition) is 0. The van der Waals surface area contributed by atoms with Gasteiger partial charge in [-0.1, -0.05) is 17.7 Å². The lowest BCUT2D eigenvalue weighted by Crippen LogP contribution is -2.40. The molecule has 0 saturated heterocycles. The van der Waals surface area contributed by atoms with Gasteiger partial charge in [0.15, 0.2) is 0 Å². The van der Waals surface area contributed by atoms with Gasteiger partial charge < -0.3 is 9.47 Å². The number of carbonyl (C=O) groups is 1. The molecule has 2 rings (SSSR count). The maximum absolute atomic E-state index is 12.0. The standard InChI is InChI=1S/C18H26O6S/c1-13-5-7-16(8-6-13)25(20,21)23-10-9-22-15-11-14(12-15)17(19)24-18(2,3)4/h5-8,14-15H,9-12H2,1-4H3/t14-,15+. The van der Waals surface area contributed by atoms with Crippen molar-refractivity contribution in [1.82, 2.24) is 0 Å². The molecule has 1 aromatic rings. The van der Waals surface area contributed by atoms with Gasteiger partial charge >= 0.3 is 5.97 Å². The molecular formula is C18H26O6S. The molecule has 0 amide bonds. The average Bonchev–Trinajstić information content (AvgIpc) is 2.43. The molecule has 0 aliphatic heterocycles. The molecule has 0 aromatic heterocycles. The van der Waals surface area contributed by atoms with E-state index < -0.39 is 15.7 Å². The first-order chi connectivity index (χ1) is 11.6. The van der Waals surface area contributed by atoms with Gasteiger partial charge in [0.2, 0.25) is 0 Å². The normalized spacial score (nSPS) is 20.8. The summed E-state index contributed by atoms with van der Waals surface area (Å²) in [6.45, 7) is 7.50. The number of hydrogen-bond acceptors (Lipinski definition) is 6. The predicted octanol–water partition coefficient (Wildman–Crippen LogP) is 2.84. The zero-order valence-corrected chi connectivity index (χ0v) is 16.0. The van der Waals surface area contributed by atoms with E-state index in [-0.39, 0.29) is 36.1 Å². The van der Waals surface area contributed by atoms with Crippen LogP contribution in [0.25, 0.3) is 0 Å². The Kier molecular flexibility index (Phi) is 6.24. The van der Waals surface area contributed by atoms with Crippen LogP contribution in [0.1, 0.15) is 39.2 Å². The molecule has 25 heavy (non-hydrogen) atoms. The largest absolute Gasteiger partial charge is 0.460 e. The highest BCUT2D eigenvalue weighted by Crippen LogP contribution is 2.32. The molecule has 1 aromatic carbocycles. The summed E-state index contributed by atoms with van der Waals surface area (Å²) in [7, 11) is -3.76. The molecule has 0 spiro atoms. The summed E-state index contributed by atoms with van der Waals surface area (Å²) in [6.07, 6.45) is 1.14. The zero-order valence-electron chi connectivity index (χ0n) is 15.2. The Morgan fingerprint density at radius 2 is 1.72 bits per heavy atom. The Morgan fingerprint density at radius 1 is 1.12 bits per heavy atom. The van der Waals surface area contributed by atoms with E-state index in [1.165, 1.54) is 12.1 Å². The maximum Gasteiger partial charge on any atom is 0.309 e. The topological polar surface area (TPSA) is 78.9 Å². The minimum Gasteiger partial charge on any atom is -0.460 e. The van der Waals surface area contributed by atoms with Gasteiger partial charge in [0.05, 0.1) is 30.1 Å². The number of esters is 1. The summed E-state index contributed by atoms with van der Waals surface area (Å²) >= 11 is 0. The Morgan fingerprint density at radius 3 is 2.28 bits per heavy atom. The van der Waals surface area contributed by atoms with E-state index in [2.05, 4.69) is 0 Å². The van der Waals surface area contributed by atoms with Crippen molar-refractivity contribution in [1.29, 1.82) is 0 Å². The second-order valence-electron chi connectivity index (χ2n) is 7.28. The van der Waals surface area contributed by atoms with Gasteiger partial charge in [-0.25, -0.2) is 0 Å². The molecule has 0 heterocycles. The van der Waals surface area contributed by atoms with Gasteiger partial charge in [0.25, 0.3) is 10.1 Å². The molecule has 1 fully saturated rings. The number of carbonyl (C=O) groups excluding carboxylic acids is 1. The fourth-order valence-electron chi connectivity index (χ4n) is 2.41. The van der Waals surface area contributed by atoms with Crippen LogP contribution in [0.3, 0.4) is 0 Å². The Bertz CT molecular complexity index is 681. The van der Waals surface area contributed by atoms with Crippen LogP contribution in [0.2, 0.25) is 0 Å². The molecule has 1 saturated carbocycles. The first-order valence-electron chi connectivity index (χ1n) is 8.37. The number of ether oxygens (including phenoxy) is 2. The first-order valence-corrected chi connectivity index (χ1v) is 9.78. The van der Waals surface area contributed by atoms with Gasteiger partial charge in [-0.15, -0.1) is 0 Å². The molecule has 6 nitrogen and oxygen atoms in total. The minimum atomic E-state index is -3.76. The van der Waals surface area contributed by atoms with Gasteiger partial charge in [-0.05, 0) is 52.7 Å². The van der Waals surface area contributed by atoms with Gasteiger partial charge in [-0.3, -0.25) is 8.98 Å². The van der Waals surface area contributed by atoms with Gasteiger partial charge in [-0.2, -0.15) is 8.42 Å². The van der Waals surface area contributed by atoms with E-state index in [4.69, 9.17) is 13.7 Å². The van der Waals surface area contributed by atoms with Crippen LogP contribution in [-0.4, -0.2) is 39.3 Å². The Labute approximate surface area is 149 Å². The van der Waals surface area contributed by atoms with Crippen LogP contribution in [0.5, 0.6) is 0 Å². The summed E-state index contributed by atoms with van der Waals surface area (Å²) in [4.78, 5) is 12.0. The lowest BCUT2D eigenvalue weighted by molar-refractivity contribution is -0.169. The van der Waals surface area contributed by atoms with E-state index in [0.717, 1.165) is 5.56 Å². The van der Waals surface area contributed by atoms with Crippen LogP contribution < -0.4 is 0 Å². The Balaban J connectivity index is 1.66. The molecule has 0 atom stereocenters. The minimum absolute atomic E-state index is 0.0518. The molecular weight excluding hydrogens is 344 g/mol. The lowest BCUT2D eigenvalue weighted by atomic mass is 9.82. The molecule has 7 heteroatoms. The maximum atomic E-state index is 12.0. The Hall–Kier alpha value is -1.44. The van der Waals surface area contributed by atoms with Crippen molar-refractivity contribution in [3.8, 4) is 0 Å². The van der Waals surface area contributed by atoms with Crippen molar-refractivity contribution >= 4 is 16.1 Å². The summed E-state index contributed by atoms with van der Waals surface area (Å²) < 4.78 is 39.8. The molecule has 140 valence electrons. The lowest BCUT2D eigenvalue weighted by Gasteiger charge is -2.35. The molecule has 1 aliphatic rings. The van der Waals surface area contributed by atoms with Crippen LogP contribution in [0.4, 0.5) is 0 Å². The molecule has 0 N–H and O–H groups in total. The highest BCUT2D eigenvalue weighted by molar-refractivity contribution is 7.86. The van der Waals surface area contributed by atoms with Gasteiger partial charge in [0, 0.05) is 0 Å². The monoisotopic (exact) mass is 370 g/mol. The molecule has 0 bridgehead atoms.